The lowest BCUT2D eigenvalue weighted by Crippen LogP contribution is -2.23. The van der Waals surface area contributed by atoms with E-state index in [9.17, 15) is 4.79 Å². The van der Waals surface area contributed by atoms with E-state index in [0.29, 0.717) is 10.6 Å². The molecular weight excluding hydrogens is 346 g/mol. The number of hydrazone groups is 1. The molecule has 3 rings (SSSR count). The lowest BCUT2D eigenvalue weighted by molar-refractivity contribution is 0.0955. The van der Waals surface area contributed by atoms with E-state index in [-0.39, 0.29) is 5.91 Å². The number of rotatable bonds is 4. The van der Waals surface area contributed by atoms with Crippen LogP contribution >= 0.6 is 11.6 Å². The van der Waals surface area contributed by atoms with Crippen LogP contribution in [0.5, 0.6) is 0 Å². The maximum atomic E-state index is 12.1. The van der Waals surface area contributed by atoms with Crippen molar-refractivity contribution in [2.24, 2.45) is 5.10 Å². The van der Waals surface area contributed by atoms with Gasteiger partial charge in [0.2, 0.25) is 0 Å². The van der Waals surface area contributed by atoms with Gasteiger partial charge in [-0.2, -0.15) is 5.10 Å². The smallest absolute Gasteiger partial charge is 0.271 e. The Morgan fingerprint density at radius 1 is 0.923 bits per heavy atom. The SMILES string of the molecule is C/C(=N/NC(=O)c1ccc(Cl)cc1)c1ccc(N2CCCCCC2)cc1. The summed E-state index contributed by atoms with van der Waals surface area (Å²) in [5.74, 6) is -0.248. The number of hydrogen-bond acceptors (Lipinski definition) is 3. The van der Waals surface area contributed by atoms with E-state index >= 15 is 0 Å². The molecular formula is C21H24ClN3O. The number of nitrogens with zero attached hydrogens (tertiary/aromatic N) is 2. The normalized spacial score (nSPS) is 15.5. The average Bonchev–Trinajstić information content (AvgIpc) is 2.96. The molecule has 1 N–H and O–H groups in total. The molecule has 1 amide bonds. The Morgan fingerprint density at radius 2 is 1.50 bits per heavy atom. The molecule has 1 saturated heterocycles. The van der Waals surface area contributed by atoms with Gasteiger partial charge in [-0.25, -0.2) is 5.43 Å². The number of anilines is 1. The molecule has 0 unspecified atom stereocenters. The molecule has 0 saturated carbocycles. The minimum atomic E-state index is -0.248. The third kappa shape index (κ3) is 4.85. The van der Waals surface area contributed by atoms with E-state index in [1.165, 1.54) is 31.4 Å². The zero-order valence-corrected chi connectivity index (χ0v) is 15.8. The molecule has 1 fully saturated rings. The Labute approximate surface area is 159 Å². The number of hydrogen-bond donors (Lipinski definition) is 1. The summed E-state index contributed by atoms with van der Waals surface area (Å²) in [7, 11) is 0. The van der Waals surface area contributed by atoms with Crippen molar-refractivity contribution >= 4 is 28.9 Å². The van der Waals surface area contributed by atoms with E-state index in [2.05, 4.69) is 39.7 Å². The van der Waals surface area contributed by atoms with Gasteiger partial charge in [-0.3, -0.25) is 4.79 Å². The first-order valence-corrected chi connectivity index (χ1v) is 9.47. The maximum absolute atomic E-state index is 12.1. The van der Waals surface area contributed by atoms with Crippen LogP contribution in [0.1, 0.15) is 48.5 Å². The van der Waals surface area contributed by atoms with Crippen molar-refractivity contribution < 1.29 is 4.79 Å². The minimum absolute atomic E-state index is 0.248. The van der Waals surface area contributed by atoms with Crippen molar-refractivity contribution in [1.29, 1.82) is 0 Å². The molecule has 5 heteroatoms. The number of carbonyl (C=O) groups excluding carboxylic acids is 1. The summed E-state index contributed by atoms with van der Waals surface area (Å²) in [4.78, 5) is 14.6. The van der Waals surface area contributed by atoms with Crippen LogP contribution in [0.4, 0.5) is 5.69 Å². The number of amides is 1. The molecule has 26 heavy (non-hydrogen) atoms. The van der Waals surface area contributed by atoms with Crippen molar-refractivity contribution in [3.8, 4) is 0 Å². The van der Waals surface area contributed by atoms with Gasteiger partial charge in [0.15, 0.2) is 0 Å². The van der Waals surface area contributed by atoms with Gasteiger partial charge in [-0.15, -0.1) is 0 Å². The van der Waals surface area contributed by atoms with Crippen LogP contribution in [0.15, 0.2) is 53.6 Å². The quantitative estimate of drug-likeness (QED) is 0.617. The average molecular weight is 370 g/mol. The fraction of sp³-hybridized carbons (Fsp3) is 0.333. The molecule has 0 bridgehead atoms. The molecule has 0 atom stereocenters. The minimum Gasteiger partial charge on any atom is -0.372 e. The Hall–Kier alpha value is -2.33. The molecule has 0 radical (unpaired) electrons. The van der Waals surface area contributed by atoms with Crippen LogP contribution in [0.3, 0.4) is 0 Å². The van der Waals surface area contributed by atoms with Crippen molar-refractivity contribution in [2.75, 3.05) is 18.0 Å². The van der Waals surface area contributed by atoms with Crippen LogP contribution < -0.4 is 10.3 Å². The largest absolute Gasteiger partial charge is 0.372 e. The van der Waals surface area contributed by atoms with Crippen molar-refractivity contribution in [2.45, 2.75) is 32.6 Å². The molecule has 2 aromatic carbocycles. The zero-order valence-electron chi connectivity index (χ0n) is 15.0. The van der Waals surface area contributed by atoms with Crippen molar-refractivity contribution in [3.63, 3.8) is 0 Å². The van der Waals surface area contributed by atoms with Crippen molar-refractivity contribution in [3.05, 3.63) is 64.7 Å². The lowest BCUT2D eigenvalue weighted by Gasteiger charge is -2.22. The van der Waals surface area contributed by atoms with Gasteiger partial charge < -0.3 is 4.90 Å². The zero-order chi connectivity index (χ0) is 18.4. The van der Waals surface area contributed by atoms with Gasteiger partial charge in [0.1, 0.15) is 0 Å². The van der Waals surface area contributed by atoms with E-state index < -0.39 is 0 Å². The molecule has 0 aromatic heterocycles. The van der Waals surface area contributed by atoms with Crippen LogP contribution in [0.2, 0.25) is 5.02 Å². The van der Waals surface area contributed by atoms with Gasteiger partial charge in [0, 0.05) is 29.4 Å². The Kier molecular flexibility index (Phi) is 6.29. The molecule has 2 aromatic rings. The third-order valence-corrected chi connectivity index (χ3v) is 4.94. The summed E-state index contributed by atoms with van der Waals surface area (Å²) >= 11 is 5.84. The van der Waals surface area contributed by atoms with Crippen LogP contribution in [0.25, 0.3) is 0 Å². The fourth-order valence-corrected chi connectivity index (χ4v) is 3.23. The Balaban J connectivity index is 1.63. The van der Waals surface area contributed by atoms with Crippen LogP contribution in [-0.2, 0) is 0 Å². The van der Waals surface area contributed by atoms with Gasteiger partial charge in [0.05, 0.1) is 5.71 Å². The molecule has 0 aliphatic carbocycles. The summed E-state index contributed by atoms with van der Waals surface area (Å²) < 4.78 is 0. The molecule has 0 spiro atoms. The topological polar surface area (TPSA) is 44.7 Å². The van der Waals surface area contributed by atoms with Crippen LogP contribution in [0, 0.1) is 0 Å². The predicted octanol–water partition coefficient (Wildman–Crippen LogP) is 4.87. The number of benzene rings is 2. The summed E-state index contributed by atoms with van der Waals surface area (Å²) in [5.41, 5.74) is 6.16. The molecule has 4 nitrogen and oxygen atoms in total. The summed E-state index contributed by atoms with van der Waals surface area (Å²) in [5, 5.41) is 4.82. The first-order valence-electron chi connectivity index (χ1n) is 9.09. The first-order chi connectivity index (χ1) is 12.6. The van der Waals surface area contributed by atoms with Crippen LogP contribution in [-0.4, -0.2) is 24.7 Å². The van der Waals surface area contributed by atoms with Gasteiger partial charge in [-0.1, -0.05) is 36.6 Å². The number of carbonyl (C=O) groups is 1. The highest BCUT2D eigenvalue weighted by atomic mass is 35.5. The van der Waals surface area contributed by atoms with Crippen molar-refractivity contribution in [1.82, 2.24) is 5.43 Å². The second-order valence-electron chi connectivity index (χ2n) is 6.59. The second kappa shape index (κ2) is 8.86. The first kappa shape index (κ1) is 18.5. The highest BCUT2D eigenvalue weighted by Gasteiger charge is 2.10. The molecule has 136 valence electrons. The Morgan fingerprint density at radius 3 is 2.12 bits per heavy atom. The van der Waals surface area contributed by atoms with Gasteiger partial charge in [0.25, 0.3) is 5.91 Å². The van der Waals surface area contributed by atoms with E-state index in [1.54, 1.807) is 24.3 Å². The predicted molar refractivity (Wildman–Crippen MR) is 108 cm³/mol. The second-order valence-corrected chi connectivity index (χ2v) is 7.03. The van der Waals surface area contributed by atoms with E-state index in [1.807, 2.05) is 6.92 Å². The highest BCUT2D eigenvalue weighted by Crippen LogP contribution is 2.20. The highest BCUT2D eigenvalue weighted by molar-refractivity contribution is 6.30. The summed E-state index contributed by atoms with van der Waals surface area (Å²) in [6.07, 6.45) is 5.18. The Bertz CT molecular complexity index is 761. The monoisotopic (exact) mass is 369 g/mol. The lowest BCUT2D eigenvalue weighted by atomic mass is 10.1. The van der Waals surface area contributed by atoms with Gasteiger partial charge in [-0.05, 0) is 61.7 Å². The molecule has 1 aliphatic rings. The molecule has 1 aliphatic heterocycles. The number of nitrogens with one attached hydrogen (secondary N) is 1. The third-order valence-electron chi connectivity index (χ3n) is 4.69. The van der Waals surface area contributed by atoms with E-state index in [0.717, 1.165) is 24.4 Å². The maximum Gasteiger partial charge on any atom is 0.271 e. The summed E-state index contributed by atoms with van der Waals surface area (Å²) in [6.45, 7) is 4.15. The molecule has 1 heterocycles. The number of halogens is 1. The standard InChI is InChI=1S/C21H24ClN3O/c1-16(23-24-21(26)18-6-10-19(22)11-7-18)17-8-12-20(13-9-17)25-14-4-2-3-5-15-25/h6-13H,2-5,14-15H2,1H3,(H,24,26)/b23-16-. The van der Waals surface area contributed by atoms with E-state index in [4.69, 9.17) is 11.6 Å². The summed E-state index contributed by atoms with van der Waals surface area (Å²) in [6, 6.07) is 15.1. The fourth-order valence-electron chi connectivity index (χ4n) is 3.11. The van der Waals surface area contributed by atoms with Gasteiger partial charge >= 0.3 is 0 Å².